The highest BCUT2D eigenvalue weighted by Gasteiger charge is 2.43. The van der Waals surface area contributed by atoms with Gasteiger partial charge in [0.1, 0.15) is 33.1 Å². The molecule has 12 heterocycles. The molecule has 2 saturated carbocycles. The number of nitrogens with one attached hydrogen (secondary N) is 5. The number of primary amides is 2. The number of nitrogens with two attached hydrogens (primary N) is 2. The molecule has 2 amide bonds. The van der Waals surface area contributed by atoms with Gasteiger partial charge in [0.15, 0.2) is 0 Å². The molecule has 0 spiro atoms. The molecule has 6 aliphatic rings. The average molecular weight is 1780 g/mol. The molecule has 8 aromatic heterocycles. The molecule has 22 rings (SSSR count). The number of halogens is 4. The van der Waals surface area contributed by atoms with Crippen molar-refractivity contribution in [3.8, 4) is 22.7 Å². The van der Waals surface area contributed by atoms with Gasteiger partial charge in [0.25, 0.3) is 0 Å². The Morgan fingerprint density at radius 3 is 0.938 bits per heavy atom. The molecular formula is C97H101F4N15O10S2. The first kappa shape index (κ1) is 85.6. The third-order valence-electron chi connectivity index (χ3n) is 27.3. The fraction of sp³-hybridized carbons (Fsp3) is 0.361. The maximum Gasteiger partial charge on any atom is 0.220 e. The van der Waals surface area contributed by atoms with Crippen molar-refractivity contribution in [1.29, 1.82) is 0 Å². The van der Waals surface area contributed by atoms with Crippen LogP contribution in [0.15, 0.2) is 170 Å². The van der Waals surface area contributed by atoms with Crippen molar-refractivity contribution >= 4 is 119 Å². The summed E-state index contributed by atoms with van der Waals surface area (Å²) >= 11 is 0. The fourth-order valence-electron chi connectivity index (χ4n) is 20.5. The van der Waals surface area contributed by atoms with Crippen molar-refractivity contribution in [3.05, 3.63) is 239 Å². The van der Waals surface area contributed by atoms with Gasteiger partial charge in [-0.3, -0.25) is 30.0 Å². The van der Waals surface area contributed by atoms with Crippen LogP contribution in [0.5, 0.6) is 0 Å². The van der Waals surface area contributed by atoms with Crippen molar-refractivity contribution < 1.29 is 62.9 Å². The van der Waals surface area contributed by atoms with E-state index in [1.165, 1.54) is 88.9 Å². The summed E-state index contributed by atoms with van der Waals surface area (Å²) in [6, 6.07) is 43.3. The molecule has 8 aromatic carbocycles. The number of aryl methyl sites for hydroxylation is 2. The first-order valence-corrected chi connectivity index (χ1v) is 47.7. The van der Waals surface area contributed by atoms with Crippen molar-refractivity contribution in [2.45, 2.75) is 132 Å². The van der Waals surface area contributed by atoms with Crippen LogP contribution in [-0.2, 0) is 61.2 Å². The number of benzene rings is 8. The van der Waals surface area contributed by atoms with Crippen LogP contribution in [0.2, 0.25) is 0 Å². The molecule has 664 valence electrons. The minimum atomic E-state index is -3.38. The number of ether oxygens (including phenoxy) is 4. The molecule has 16 aromatic rings. The third-order valence-corrected chi connectivity index (χ3v) is 30.3. The second kappa shape index (κ2) is 36.0. The van der Waals surface area contributed by atoms with Crippen LogP contribution in [0, 0.1) is 35.1 Å². The molecule has 4 saturated heterocycles. The lowest BCUT2D eigenvalue weighted by Crippen LogP contribution is -2.34. The summed E-state index contributed by atoms with van der Waals surface area (Å²) < 4.78 is 138. The van der Waals surface area contributed by atoms with Gasteiger partial charge >= 0.3 is 0 Å². The molecule has 25 nitrogen and oxygen atoms in total. The minimum absolute atomic E-state index is 0.0107. The number of aromatic nitrogens is 12. The van der Waals surface area contributed by atoms with Crippen molar-refractivity contribution in [1.82, 2.24) is 63.8 Å². The summed E-state index contributed by atoms with van der Waals surface area (Å²) in [5, 5.41) is 37.3. The van der Waals surface area contributed by atoms with Crippen molar-refractivity contribution in [3.63, 3.8) is 0 Å². The van der Waals surface area contributed by atoms with Gasteiger partial charge in [-0.2, -0.15) is 20.4 Å². The zero-order valence-corrected chi connectivity index (χ0v) is 72.7. The van der Waals surface area contributed by atoms with Crippen LogP contribution in [0.1, 0.15) is 165 Å². The Morgan fingerprint density at radius 1 is 0.391 bits per heavy atom. The van der Waals surface area contributed by atoms with E-state index in [0.717, 1.165) is 225 Å². The van der Waals surface area contributed by atoms with Gasteiger partial charge in [0.05, 0.1) is 80.4 Å². The second-order valence-electron chi connectivity index (χ2n) is 34.7. The molecule has 4 aliphatic heterocycles. The van der Waals surface area contributed by atoms with Gasteiger partial charge in [0, 0.05) is 183 Å². The molecule has 128 heavy (non-hydrogen) atoms. The number of rotatable bonds is 20. The van der Waals surface area contributed by atoms with Crippen LogP contribution < -0.4 is 16.2 Å². The van der Waals surface area contributed by atoms with Gasteiger partial charge in [-0.1, -0.05) is 6.92 Å². The quantitative estimate of drug-likeness (QED) is 0.0349. The second-order valence-corrected chi connectivity index (χ2v) is 39.2. The normalized spacial score (nSPS) is 18.7. The van der Waals surface area contributed by atoms with E-state index >= 15 is 0 Å². The smallest absolute Gasteiger partial charge is 0.220 e. The van der Waals surface area contributed by atoms with E-state index in [1.54, 1.807) is 43.6 Å². The van der Waals surface area contributed by atoms with E-state index in [9.17, 15) is 44.0 Å². The van der Waals surface area contributed by atoms with E-state index in [1.807, 2.05) is 42.7 Å². The summed E-state index contributed by atoms with van der Waals surface area (Å²) in [7, 11) is -5.08. The highest BCUT2D eigenvalue weighted by Crippen LogP contribution is 2.53. The number of carbonyl (C=O) groups excluding carboxylic acids is 2. The number of sulfone groups is 1. The van der Waals surface area contributed by atoms with Crippen LogP contribution in [-0.4, -0.2) is 165 Å². The van der Waals surface area contributed by atoms with Crippen molar-refractivity contribution in [2.75, 3.05) is 77.2 Å². The van der Waals surface area contributed by atoms with Crippen molar-refractivity contribution in [2.24, 2.45) is 23.3 Å². The minimum Gasteiger partial charge on any atom is -0.381 e. The number of H-pyrrole nitrogens is 4. The summed E-state index contributed by atoms with van der Waals surface area (Å²) in [6.45, 7) is 7.28. The van der Waals surface area contributed by atoms with E-state index < -0.39 is 19.9 Å². The Labute approximate surface area is 735 Å². The summed E-state index contributed by atoms with van der Waals surface area (Å²) in [6.07, 6.45) is 18.3. The number of fused-ring (bicyclic) bond motifs is 8. The third kappa shape index (κ3) is 16.9. The molecule has 2 aliphatic carbocycles. The lowest BCUT2D eigenvalue weighted by Gasteiger charge is -2.35. The van der Waals surface area contributed by atoms with Gasteiger partial charge in [-0.25, -0.2) is 39.1 Å². The van der Waals surface area contributed by atoms with Crippen LogP contribution in [0.25, 0.3) is 110 Å². The molecule has 0 atom stereocenters. The standard InChI is InChI=1S/2C25H25FN4O2.C24H26FN3O3S.C23H25FN4O3S/c2*26-18-1-3-19(4-2-18)30-22-11-17-13-28-29-21(17)12-20(22)23(15-9-16(10-15)25(27)31)24(30)14-5-7-32-8-6-14;1-2-32(29,30)12-9-20-21-14-22-17(15-26-27-22)13-23(21)28(19-5-3-18(25)4-6-19)24(20)16-7-10-31-11-8-16;1-25-32(29,30)11-8-19-20-13-21-16(14-26-27-21)12-22(20)28(18-4-2-17(24)3-5-18)23(19)15-6-9-31-10-7-15/h2*1-4,11-16H,5-10H2,(H2,27,31)(H,28,29);3-6,13-16H,2,7-12H2,1H3,(H,26,27);2-5,12-15,25H,6-11H2,1H3,(H,26,27). The zero-order chi connectivity index (χ0) is 88.2. The number of amides is 2. The maximum absolute atomic E-state index is 13.8. The highest BCUT2D eigenvalue weighted by atomic mass is 32.2. The Morgan fingerprint density at radius 2 is 0.656 bits per heavy atom. The predicted molar refractivity (Wildman–Crippen MR) is 487 cm³/mol. The number of aromatic amines is 4. The Balaban J connectivity index is 0.000000111. The van der Waals surface area contributed by atoms with Gasteiger partial charge in [-0.05, 0) is 277 Å². The van der Waals surface area contributed by atoms with E-state index in [0.29, 0.717) is 51.1 Å². The highest BCUT2D eigenvalue weighted by molar-refractivity contribution is 7.91. The number of sulfonamides is 1. The number of nitrogens with zero attached hydrogens (tertiary/aromatic N) is 8. The largest absolute Gasteiger partial charge is 0.381 e. The fourth-order valence-corrected chi connectivity index (χ4v) is 22.0. The van der Waals surface area contributed by atoms with E-state index in [4.69, 9.17) is 30.4 Å². The lowest BCUT2D eigenvalue weighted by molar-refractivity contribution is -0.125. The van der Waals surface area contributed by atoms with E-state index in [2.05, 4.69) is 106 Å². The topological polar surface area (TPSA) is 338 Å². The Bertz CT molecular complexity index is 6620. The first-order valence-electron chi connectivity index (χ1n) is 44.2. The Kier molecular flexibility index (Phi) is 24.1. The summed E-state index contributed by atoms with van der Waals surface area (Å²) in [5.41, 5.74) is 32.1. The number of carbonyl (C=O) groups is 2. The molecule has 31 heteroatoms. The number of hydrogen-bond acceptors (Lipinski definition) is 14. The average Bonchev–Trinajstić information content (AvgIpc) is 1.60. The SMILES string of the molecule is CCS(=O)(=O)CCc1c(C2CCOCC2)n(-c2ccc(F)cc2)c2cc3cn[nH]c3cc12.CNS(=O)(=O)CCc1c(C2CCOCC2)n(-c2ccc(F)cc2)c2cc3cn[nH]c3cc12.NC(=O)C1CC(c2c(C3CCOCC3)n(-c3ccc(F)cc3)c3cc4cn[nH]c4cc23)C1.NC(=O)C1CC(c2c(C3CCOCC3)n(-c3ccc(F)cc3)c3cc4cn[nH]c4cc23)C1. The predicted octanol–water partition coefficient (Wildman–Crippen LogP) is 17.2. The summed E-state index contributed by atoms with van der Waals surface area (Å²) in [4.78, 5) is 23.5. The van der Waals surface area contributed by atoms with E-state index in [-0.39, 0.29) is 87.8 Å². The van der Waals surface area contributed by atoms with Gasteiger partial charge in [0.2, 0.25) is 21.8 Å². The molecule has 0 bridgehead atoms. The number of hydrogen-bond donors (Lipinski definition) is 7. The monoisotopic (exact) mass is 1780 g/mol. The van der Waals surface area contributed by atoms with Gasteiger partial charge in [-0.15, -0.1) is 0 Å². The zero-order valence-electron chi connectivity index (χ0n) is 71.1. The van der Waals surface area contributed by atoms with Crippen LogP contribution in [0.3, 0.4) is 0 Å². The first-order chi connectivity index (χ1) is 62.1. The molecule has 9 N–H and O–H groups in total. The maximum atomic E-state index is 13.8. The molecule has 0 unspecified atom stereocenters. The lowest BCUT2D eigenvalue weighted by atomic mass is 9.69. The van der Waals surface area contributed by atoms with Crippen LogP contribution >= 0.6 is 0 Å². The Hall–Kier alpha value is -11.8. The van der Waals surface area contributed by atoms with Gasteiger partial charge < -0.3 is 48.7 Å². The molecule has 0 radical (unpaired) electrons. The van der Waals surface area contributed by atoms with Crippen LogP contribution in [0.4, 0.5) is 17.6 Å². The summed E-state index contributed by atoms with van der Waals surface area (Å²) in [5.74, 6) is 0.224. The molecule has 6 fully saturated rings. The molecular weight excluding hydrogens is 1680 g/mol.